The quantitative estimate of drug-likeness (QED) is 0.535. The topological polar surface area (TPSA) is 8.17 Å². The fourth-order valence-electron chi connectivity index (χ4n) is 4.58. The van der Waals surface area contributed by atoms with E-state index in [4.69, 9.17) is 0 Å². The lowest BCUT2D eigenvalue weighted by Gasteiger charge is -2.31. The van der Waals surface area contributed by atoms with E-state index >= 15 is 0 Å². The highest BCUT2D eigenvalue weighted by molar-refractivity contribution is 5.91. The van der Waals surface area contributed by atoms with E-state index in [-0.39, 0.29) is 0 Å². The molecule has 1 aromatic heterocycles. The number of allylic oxidation sites excluding steroid dienone is 1. The Balaban J connectivity index is 1.96. The molecular formula is C25H30N2. The Labute approximate surface area is 163 Å². The Morgan fingerprint density at radius 2 is 1.74 bits per heavy atom. The van der Waals surface area contributed by atoms with Gasteiger partial charge < -0.3 is 4.57 Å². The molecule has 2 heteroatoms. The maximum atomic E-state index is 2.46. The van der Waals surface area contributed by atoms with Crippen LogP contribution < -0.4 is 0 Å². The second kappa shape index (κ2) is 6.69. The zero-order valence-corrected chi connectivity index (χ0v) is 17.4. The van der Waals surface area contributed by atoms with Crippen LogP contribution in [-0.2, 0) is 6.42 Å². The second-order valence-electron chi connectivity index (χ2n) is 8.29. The van der Waals surface area contributed by atoms with Crippen molar-refractivity contribution in [3.63, 3.8) is 0 Å². The summed E-state index contributed by atoms with van der Waals surface area (Å²) in [6.45, 7) is 12.3. The van der Waals surface area contributed by atoms with E-state index in [0.29, 0.717) is 6.04 Å². The third-order valence-corrected chi connectivity index (χ3v) is 6.21. The van der Waals surface area contributed by atoms with E-state index in [0.717, 1.165) is 13.0 Å². The highest BCUT2D eigenvalue weighted by Gasteiger charge is 2.27. The van der Waals surface area contributed by atoms with Gasteiger partial charge in [0.05, 0.1) is 5.52 Å². The molecule has 1 aliphatic heterocycles. The highest BCUT2D eigenvalue weighted by atomic mass is 15.2. The molecule has 2 heterocycles. The Kier molecular flexibility index (Phi) is 4.47. The van der Waals surface area contributed by atoms with Gasteiger partial charge in [0.15, 0.2) is 0 Å². The molecule has 2 aromatic carbocycles. The van der Waals surface area contributed by atoms with Gasteiger partial charge in [-0.25, -0.2) is 0 Å². The molecule has 0 saturated carbocycles. The molecule has 0 N–H and O–H groups in total. The summed E-state index contributed by atoms with van der Waals surface area (Å²) >= 11 is 0. The average Bonchev–Trinajstić information content (AvgIpc) is 2.91. The summed E-state index contributed by atoms with van der Waals surface area (Å²) in [4.78, 5) is 2.46. The minimum Gasteiger partial charge on any atom is -0.318 e. The minimum absolute atomic E-state index is 0.421. The van der Waals surface area contributed by atoms with Gasteiger partial charge >= 0.3 is 0 Å². The summed E-state index contributed by atoms with van der Waals surface area (Å²) in [6, 6.07) is 14.1. The highest BCUT2D eigenvalue weighted by Crippen LogP contribution is 2.37. The van der Waals surface area contributed by atoms with E-state index in [2.05, 4.69) is 93.7 Å². The van der Waals surface area contributed by atoms with Crippen molar-refractivity contribution in [1.29, 1.82) is 0 Å². The van der Waals surface area contributed by atoms with Gasteiger partial charge in [-0.2, -0.15) is 0 Å². The minimum atomic E-state index is 0.421. The number of fused-ring (bicyclic) bond motifs is 3. The van der Waals surface area contributed by atoms with Crippen LogP contribution in [0.5, 0.6) is 0 Å². The van der Waals surface area contributed by atoms with E-state index in [1.54, 1.807) is 0 Å². The van der Waals surface area contributed by atoms with Crippen molar-refractivity contribution in [2.24, 2.45) is 0 Å². The third-order valence-electron chi connectivity index (χ3n) is 6.21. The van der Waals surface area contributed by atoms with E-state index < -0.39 is 0 Å². The van der Waals surface area contributed by atoms with Crippen molar-refractivity contribution in [3.05, 3.63) is 69.9 Å². The van der Waals surface area contributed by atoms with Crippen molar-refractivity contribution in [2.75, 3.05) is 13.6 Å². The maximum Gasteiger partial charge on any atom is 0.0529 e. The van der Waals surface area contributed by atoms with Gasteiger partial charge in [0.1, 0.15) is 0 Å². The molecule has 1 unspecified atom stereocenters. The average molecular weight is 359 g/mol. The van der Waals surface area contributed by atoms with Crippen LogP contribution in [0.25, 0.3) is 22.7 Å². The number of benzene rings is 2. The van der Waals surface area contributed by atoms with Crippen molar-refractivity contribution in [1.82, 2.24) is 9.47 Å². The van der Waals surface area contributed by atoms with E-state index in [9.17, 15) is 0 Å². The molecule has 0 fully saturated rings. The van der Waals surface area contributed by atoms with Gasteiger partial charge in [-0.3, -0.25) is 4.90 Å². The number of likely N-dealkylation sites (N-methyl/N-ethyl adjacent to an activating group) is 1. The third kappa shape index (κ3) is 3.02. The zero-order valence-electron chi connectivity index (χ0n) is 17.4. The monoisotopic (exact) mass is 358 g/mol. The maximum absolute atomic E-state index is 2.46. The smallest absolute Gasteiger partial charge is 0.0529 e. The molecule has 0 saturated heterocycles. The van der Waals surface area contributed by atoms with Crippen LogP contribution in [0.3, 0.4) is 0 Å². The van der Waals surface area contributed by atoms with Gasteiger partial charge in [0.25, 0.3) is 0 Å². The Hall–Kier alpha value is -2.32. The lowest BCUT2D eigenvalue weighted by atomic mass is 9.98. The first-order valence-electron chi connectivity index (χ1n) is 9.96. The van der Waals surface area contributed by atoms with Crippen molar-refractivity contribution >= 4 is 22.7 Å². The Morgan fingerprint density at radius 1 is 1.04 bits per heavy atom. The van der Waals surface area contributed by atoms with Crippen LogP contribution in [0.1, 0.15) is 53.4 Å². The predicted molar refractivity (Wildman–Crippen MR) is 117 cm³/mol. The van der Waals surface area contributed by atoms with Gasteiger partial charge in [0, 0.05) is 29.9 Å². The van der Waals surface area contributed by atoms with Crippen molar-refractivity contribution in [3.8, 4) is 0 Å². The van der Waals surface area contributed by atoms with Crippen LogP contribution in [-0.4, -0.2) is 23.1 Å². The van der Waals surface area contributed by atoms with Crippen LogP contribution in [0, 0.1) is 20.8 Å². The van der Waals surface area contributed by atoms with Gasteiger partial charge in [0.2, 0.25) is 0 Å². The number of nitrogens with zero attached hydrogens (tertiary/aromatic N) is 2. The Morgan fingerprint density at radius 3 is 2.48 bits per heavy atom. The molecule has 1 atom stereocenters. The normalized spacial score (nSPS) is 18.1. The lowest BCUT2D eigenvalue weighted by molar-refractivity contribution is 0.242. The van der Waals surface area contributed by atoms with Crippen LogP contribution in [0.15, 0.2) is 36.4 Å². The summed E-state index contributed by atoms with van der Waals surface area (Å²) in [6.07, 6.45) is 3.48. The lowest BCUT2D eigenvalue weighted by Crippen LogP contribution is -2.31. The number of aromatic nitrogens is 1. The molecule has 0 spiro atoms. The van der Waals surface area contributed by atoms with E-state index in [1.165, 1.54) is 50.0 Å². The molecule has 140 valence electrons. The number of hydrogen-bond donors (Lipinski definition) is 0. The molecule has 0 bridgehead atoms. The van der Waals surface area contributed by atoms with E-state index in [1.807, 2.05) is 0 Å². The standard InChI is InChI=1S/C25H30N2/c1-16-7-9-21(18(3)13-16)19(4)15-27-24-10-8-17(2)14-23(24)22-11-12-26(6)20(5)25(22)27/h7-10,13-15,20H,11-12H2,1-6H3/b19-15+. The molecule has 0 amide bonds. The predicted octanol–water partition coefficient (Wildman–Crippen LogP) is 6.13. The van der Waals surface area contributed by atoms with Gasteiger partial charge in [-0.1, -0.05) is 35.4 Å². The first-order valence-corrected chi connectivity index (χ1v) is 9.96. The second-order valence-corrected chi connectivity index (χ2v) is 8.29. The molecule has 27 heavy (non-hydrogen) atoms. The summed E-state index contributed by atoms with van der Waals surface area (Å²) < 4.78 is 2.46. The molecule has 2 nitrogen and oxygen atoms in total. The molecule has 4 rings (SSSR count). The summed E-state index contributed by atoms with van der Waals surface area (Å²) in [5, 5.41) is 1.43. The SMILES string of the molecule is C/C(=C\n1c2c(c3cc(C)ccc31)CCN(C)C2C)c1ccc(C)cc1C. The van der Waals surface area contributed by atoms with Crippen LogP contribution >= 0.6 is 0 Å². The summed E-state index contributed by atoms with van der Waals surface area (Å²) in [5.41, 5.74) is 11.0. The fourth-order valence-corrected chi connectivity index (χ4v) is 4.58. The summed E-state index contributed by atoms with van der Waals surface area (Å²) in [5.74, 6) is 0. The zero-order chi connectivity index (χ0) is 19.3. The molecule has 1 aliphatic rings. The molecule has 0 aliphatic carbocycles. The Bertz CT molecular complexity index is 1050. The van der Waals surface area contributed by atoms with Crippen molar-refractivity contribution < 1.29 is 0 Å². The van der Waals surface area contributed by atoms with Gasteiger partial charge in [-0.15, -0.1) is 0 Å². The van der Waals surface area contributed by atoms with Crippen molar-refractivity contribution in [2.45, 2.75) is 47.1 Å². The van der Waals surface area contributed by atoms with Crippen LogP contribution in [0.4, 0.5) is 0 Å². The molecule has 3 aromatic rings. The number of hydrogen-bond acceptors (Lipinski definition) is 1. The number of rotatable bonds is 2. The first-order chi connectivity index (χ1) is 12.9. The number of aryl methyl sites for hydroxylation is 3. The largest absolute Gasteiger partial charge is 0.318 e. The first kappa shape index (κ1) is 18.1. The molecule has 0 radical (unpaired) electrons. The van der Waals surface area contributed by atoms with Crippen LogP contribution in [0.2, 0.25) is 0 Å². The van der Waals surface area contributed by atoms with Gasteiger partial charge in [-0.05, 0) is 82.5 Å². The molecular weight excluding hydrogens is 328 g/mol. The fraction of sp³-hybridized carbons (Fsp3) is 0.360. The summed E-state index contributed by atoms with van der Waals surface area (Å²) in [7, 11) is 2.24.